The third kappa shape index (κ3) is 1.74. The normalized spacial score (nSPS) is 13.7. The minimum Gasteiger partial charge on any atom is -0.305 e. The van der Waals surface area contributed by atoms with E-state index in [4.69, 9.17) is 0 Å². The van der Waals surface area contributed by atoms with Gasteiger partial charge in [0.2, 0.25) is 0 Å². The average molecular weight is 241 g/mol. The Bertz CT molecular complexity index is 673. The SMILES string of the molecule is Cc1cnc(-c2nc3c(c(=O)[nH]2)CCC3)c(C)c1. The third-order valence-corrected chi connectivity index (χ3v) is 3.38. The fourth-order valence-corrected chi connectivity index (χ4v) is 2.52. The van der Waals surface area contributed by atoms with Crippen LogP contribution in [0.5, 0.6) is 0 Å². The van der Waals surface area contributed by atoms with Crippen molar-refractivity contribution in [1.82, 2.24) is 15.0 Å². The van der Waals surface area contributed by atoms with Crippen LogP contribution in [-0.2, 0) is 12.8 Å². The predicted molar refractivity (Wildman–Crippen MR) is 69.6 cm³/mol. The van der Waals surface area contributed by atoms with E-state index in [1.807, 2.05) is 13.8 Å². The highest BCUT2D eigenvalue weighted by Gasteiger charge is 2.18. The summed E-state index contributed by atoms with van der Waals surface area (Å²) in [7, 11) is 0. The summed E-state index contributed by atoms with van der Waals surface area (Å²) in [5.74, 6) is 0.596. The second-order valence-electron chi connectivity index (χ2n) is 4.87. The molecule has 1 aliphatic carbocycles. The maximum absolute atomic E-state index is 12.0. The Morgan fingerprint density at radius 3 is 2.89 bits per heavy atom. The molecule has 0 saturated heterocycles. The molecule has 92 valence electrons. The Morgan fingerprint density at radius 2 is 2.11 bits per heavy atom. The molecule has 0 spiro atoms. The second kappa shape index (κ2) is 4.05. The van der Waals surface area contributed by atoms with Gasteiger partial charge in [-0.05, 0) is 44.2 Å². The summed E-state index contributed by atoms with van der Waals surface area (Å²) in [5.41, 5.74) is 4.71. The van der Waals surface area contributed by atoms with Gasteiger partial charge in [0.05, 0.1) is 5.69 Å². The van der Waals surface area contributed by atoms with Crippen LogP contribution in [0.15, 0.2) is 17.1 Å². The lowest BCUT2D eigenvalue weighted by molar-refractivity contribution is 0.898. The molecule has 0 atom stereocenters. The van der Waals surface area contributed by atoms with Gasteiger partial charge in [0.25, 0.3) is 5.56 Å². The number of aromatic amines is 1. The van der Waals surface area contributed by atoms with E-state index in [1.54, 1.807) is 6.20 Å². The van der Waals surface area contributed by atoms with Crippen LogP contribution >= 0.6 is 0 Å². The lowest BCUT2D eigenvalue weighted by atomic mass is 10.1. The first-order valence-electron chi connectivity index (χ1n) is 6.21. The van der Waals surface area contributed by atoms with Gasteiger partial charge in [0, 0.05) is 11.8 Å². The summed E-state index contributed by atoms with van der Waals surface area (Å²) in [6.45, 7) is 3.99. The van der Waals surface area contributed by atoms with Gasteiger partial charge in [-0.15, -0.1) is 0 Å². The fraction of sp³-hybridized carbons (Fsp3) is 0.357. The maximum Gasteiger partial charge on any atom is 0.254 e. The molecule has 3 rings (SSSR count). The standard InChI is InChI=1S/C14H15N3O/c1-8-6-9(2)12(15-7-8)13-16-11-5-3-4-10(11)14(18)17-13/h6-7H,3-5H2,1-2H3,(H,16,17,18). The molecule has 1 N–H and O–H groups in total. The Balaban J connectivity index is 2.18. The molecule has 0 aromatic carbocycles. The molecule has 18 heavy (non-hydrogen) atoms. The highest BCUT2D eigenvalue weighted by molar-refractivity contribution is 5.55. The zero-order valence-electron chi connectivity index (χ0n) is 10.6. The van der Waals surface area contributed by atoms with Crippen molar-refractivity contribution < 1.29 is 0 Å². The molecule has 2 heterocycles. The number of H-pyrrole nitrogens is 1. The van der Waals surface area contributed by atoms with Crippen molar-refractivity contribution in [2.45, 2.75) is 33.1 Å². The highest BCUT2D eigenvalue weighted by Crippen LogP contribution is 2.21. The topological polar surface area (TPSA) is 58.6 Å². The van der Waals surface area contributed by atoms with Gasteiger partial charge in [-0.25, -0.2) is 4.98 Å². The molecule has 4 heteroatoms. The average Bonchev–Trinajstić information content (AvgIpc) is 2.77. The molecule has 0 bridgehead atoms. The van der Waals surface area contributed by atoms with E-state index in [2.05, 4.69) is 21.0 Å². The molecule has 2 aromatic heterocycles. The van der Waals surface area contributed by atoms with Crippen molar-refractivity contribution in [2.75, 3.05) is 0 Å². The molecule has 0 aliphatic heterocycles. The van der Waals surface area contributed by atoms with E-state index >= 15 is 0 Å². The lowest BCUT2D eigenvalue weighted by Gasteiger charge is -2.06. The van der Waals surface area contributed by atoms with Crippen LogP contribution < -0.4 is 5.56 Å². The van der Waals surface area contributed by atoms with Crippen LogP contribution in [0, 0.1) is 13.8 Å². The van der Waals surface area contributed by atoms with Crippen molar-refractivity contribution in [3.63, 3.8) is 0 Å². The number of nitrogens with one attached hydrogen (secondary N) is 1. The number of nitrogens with zero attached hydrogens (tertiary/aromatic N) is 2. The minimum absolute atomic E-state index is 0.00530. The predicted octanol–water partition coefficient (Wildman–Crippen LogP) is 1.94. The highest BCUT2D eigenvalue weighted by atomic mass is 16.1. The zero-order valence-corrected chi connectivity index (χ0v) is 10.6. The first-order chi connectivity index (χ1) is 8.65. The van der Waals surface area contributed by atoms with Gasteiger partial charge in [-0.1, -0.05) is 6.07 Å². The van der Waals surface area contributed by atoms with Crippen molar-refractivity contribution in [3.05, 3.63) is 45.0 Å². The summed E-state index contributed by atoms with van der Waals surface area (Å²) in [5, 5.41) is 0. The molecule has 4 nitrogen and oxygen atoms in total. The number of aryl methyl sites for hydroxylation is 3. The fourth-order valence-electron chi connectivity index (χ4n) is 2.52. The Labute approximate surface area is 105 Å². The molecular formula is C14H15N3O. The van der Waals surface area contributed by atoms with Crippen molar-refractivity contribution in [2.24, 2.45) is 0 Å². The molecule has 0 saturated carbocycles. The van der Waals surface area contributed by atoms with Crippen LogP contribution in [0.1, 0.15) is 28.8 Å². The van der Waals surface area contributed by atoms with Crippen molar-refractivity contribution in [1.29, 1.82) is 0 Å². The Morgan fingerprint density at radius 1 is 1.28 bits per heavy atom. The van der Waals surface area contributed by atoms with Gasteiger partial charge in [-0.2, -0.15) is 0 Å². The van der Waals surface area contributed by atoms with Gasteiger partial charge in [0.15, 0.2) is 5.82 Å². The van der Waals surface area contributed by atoms with E-state index in [0.29, 0.717) is 5.82 Å². The molecule has 0 fully saturated rings. The van der Waals surface area contributed by atoms with Crippen LogP contribution in [-0.4, -0.2) is 15.0 Å². The largest absolute Gasteiger partial charge is 0.305 e. The van der Waals surface area contributed by atoms with E-state index in [1.165, 1.54) is 0 Å². The first-order valence-corrected chi connectivity index (χ1v) is 6.21. The van der Waals surface area contributed by atoms with Crippen LogP contribution in [0.25, 0.3) is 11.5 Å². The smallest absolute Gasteiger partial charge is 0.254 e. The van der Waals surface area contributed by atoms with Crippen LogP contribution in [0.3, 0.4) is 0 Å². The van der Waals surface area contributed by atoms with E-state index in [9.17, 15) is 4.79 Å². The number of fused-ring (bicyclic) bond motifs is 1. The Kier molecular flexibility index (Phi) is 2.51. The van der Waals surface area contributed by atoms with E-state index in [0.717, 1.165) is 47.3 Å². The minimum atomic E-state index is -0.00530. The van der Waals surface area contributed by atoms with Crippen LogP contribution in [0.2, 0.25) is 0 Å². The van der Waals surface area contributed by atoms with Gasteiger partial charge >= 0.3 is 0 Å². The summed E-state index contributed by atoms with van der Waals surface area (Å²) in [6, 6.07) is 2.05. The number of hydrogen-bond acceptors (Lipinski definition) is 3. The van der Waals surface area contributed by atoms with Crippen LogP contribution in [0.4, 0.5) is 0 Å². The number of hydrogen-bond donors (Lipinski definition) is 1. The van der Waals surface area contributed by atoms with Crippen molar-refractivity contribution in [3.8, 4) is 11.5 Å². The summed E-state index contributed by atoms with van der Waals surface area (Å²) < 4.78 is 0. The number of aromatic nitrogens is 3. The van der Waals surface area contributed by atoms with Gasteiger partial charge < -0.3 is 4.98 Å². The van der Waals surface area contributed by atoms with E-state index in [-0.39, 0.29) is 5.56 Å². The lowest BCUT2D eigenvalue weighted by Crippen LogP contribution is -2.15. The maximum atomic E-state index is 12.0. The molecule has 0 radical (unpaired) electrons. The monoisotopic (exact) mass is 241 g/mol. The molecule has 0 unspecified atom stereocenters. The molecule has 2 aromatic rings. The van der Waals surface area contributed by atoms with Crippen molar-refractivity contribution >= 4 is 0 Å². The summed E-state index contributed by atoms with van der Waals surface area (Å²) in [4.78, 5) is 23.8. The summed E-state index contributed by atoms with van der Waals surface area (Å²) in [6.07, 6.45) is 4.57. The molecular weight excluding hydrogens is 226 g/mol. The Hall–Kier alpha value is -1.97. The van der Waals surface area contributed by atoms with E-state index < -0.39 is 0 Å². The molecule has 0 amide bonds. The second-order valence-corrected chi connectivity index (χ2v) is 4.87. The van der Waals surface area contributed by atoms with Gasteiger partial charge in [0.1, 0.15) is 5.69 Å². The quantitative estimate of drug-likeness (QED) is 0.830. The third-order valence-electron chi connectivity index (χ3n) is 3.38. The zero-order chi connectivity index (χ0) is 12.7. The molecule has 1 aliphatic rings. The van der Waals surface area contributed by atoms with Gasteiger partial charge in [-0.3, -0.25) is 9.78 Å². The summed E-state index contributed by atoms with van der Waals surface area (Å²) >= 11 is 0. The number of rotatable bonds is 1. The first kappa shape index (κ1) is 11.1. The number of pyridine rings is 1.